The van der Waals surface area contributed by atoms with Gasteiger partial charge in [-0.15, -0.1) is 0 Å². The van der Waals surface area contributed by atoms with E-state index in [1.54, 1.807) is 12.1 Å². The van der Waals surface area contributed by atoms with Crippen molar-refractivity contribution in [2.24, 2.45) is 0 Å². The molecule has 2 rings (SSSR count). The average molecular weight is 285 g/mol. The molecule has 106 valence electrons. The van der Waals surface area contributed by atoms with Crippen molar-refractivity contribution in [3.05, 3.63) is 29.8 Å². The van der Waals surface area contributed by atoms with E-state index in [1.165, 1.54) is 12.1 Å². The van der Waals surface area contributed by atoms with Gasteiger partial charge in [0, 0.05) is 18.8 Å². The maximum atomic E-state index is 12.3. The Morgan fingerprint density at radius 3 is 2.68 bits per heavy atom. The van der Waals surface area contributed by atoms with Gasteiger partial charge in [-0.3, -0.25) is 0 Å². The van der Waals surface area contributed by atoms with E-state index >= 15 is 0 Å². The Morgan fingerprint density at radius 2 is 2.05 bits per heavy atom. The summed E-state index contributed by atoms with van der Waals surface area (Å²) < 4.78 is 32.7. The van der Waals surface area contributed by atoms with Gasteiger partial charge in [-0.05, 0) is 37.5 Å². The van der Waals surface area contributed by atoms with Gasteiger partial charge in [-0.25, -0.2) is 13.1 Å². The highest BCUT2D eigenvalue weighted by molar-refractivity contribution is 7.89. The van der Waals surface area contributed by atoms with Gasteiger partial charge < -0.3 is 9.84 Å². The van der Waals surface area contributed by atoms with Crippen LogP contribution in [-0.4, -0.2) is 32.3 Å². The second kappa shape index (κ2) is 5.58. The third-order valence-corrected chi connectivity index (χ3v) is 5.00. The van der Waals surface area contributed by atoms with E-state index in [0.29, 0.717) is 31.6 Å². The highest BCUT2D eigenvalue weighted by Crippen LogP contribution is 2.23. The number of aliphatic hydroxyl groups is 1. The lowest BCUT2D eigenvalue weighted by molar-refractivity contribution is 0.0537. The summed E-state index contributed by atoms with van der Waals surface area (Å²) in [4.78, 5) is 0.187. The van der Waals surface area contributed by atoms with E-state index in [-0.39, 0.29) is 11.5 Å². The summed E-state index contributed by atoms with van der Waals surface area (Å²) in [5, 5.41) is 9.07. The Morgan fingerprint density at radius 1 is 1.37 bits per heavy atom. The fraction of sp³-hybridized carbons (Fsp3) is 0.538. The van der Waals surface area contributed by atoms with Crippen molar-refractivity contribution in [3.63, 3.8) is 0 Å². The summed E-state index contributed by atoms with van der Waals surface area (Å²) in [5.74, 6) is 0. The van der Waals surface area contributed by atoms with Crippen molar-refractivity contribution in [3.8, 4) is 0 Å². The Bertz CT molecular complexity index is 535. The number of rotatable bonds is 4. The number of hydrogen-bond acceptors (Lipinski definition) is 4. The zero-order chi connectivity index (χ0) is 13.9. The average Bonchev–Trinajstić information content (AvgIpc) is 2.38. The van der Waals surface area contributed by atoms with Crippen LogP contribution >= 0.6 is 0 Å². The molecule has 0 bridgehead atoms. The van der Waals surface area contributed by atoms with Crippen LogP contribution in [0.3, 0.4) is 0 Å². The molecule has 6 heteroatoms. The molecular weight excluding hydrogens is 266 g/mol. The predicted molar refractivity (Wildman–Crippen MR) is 71.1 cm³/mol. The van der Waals surface area contributed by atoms with Crippen molar-refractivity contribution in [1.82, 2.24) is 4.72 Å². The van der Waals surface area contributed by atoms with Gasteiger partial charge in [0.2, 0.25) is 10.0 Å². The minimum absolute atomic E-state index is 0.172. The minimum atomic E-state index is -3.57. The molecule has 1 fully saturated rings. The van der Waals surface area contributed by atoms with Crippen LogP contribution in [0.2, 0.25) is 0 Å². The maximum absolute atomic E-state index is 12.3. The van der Waals surface area contributed by atoms with E-state index in [2.05, 4.69) is 4.72 Å². The van der Waals surface area contributed by atoms with Gasteiger partial charge in [0.15, 0.2) is 0 Å². The van der Waals surface area contributed by atoms with Gasteiger partial charge in [-0.2, -0.15) is 0 Å². The second-order valence-corrected chi connectivity index (χ2v) is 6.77. The van der Waals surface area contributed by atoms with Crippen LogP contribution in [0, 0.1) is 0 Å². The first-order valence-corrected chi connectivity index (χ1v) is 7.75. The molecule has 1 heterocycles. The normalized spacial score (nSPS) is 19.3. The molecule has 0 spiro atoms. The fourth-order valence-electron chi connectivity index (χ4n) is 2.12. The minimum Gasteiger partial charge on any atom is -0.392 e. The van der Waals surface area contributed by atoms with Gasteiger partial charge >= 0.3 is 0 Å². The quantitative estimate of drug-likeness (QED) is 0.866. The zero-order valence-electron chi connectivity index (χ0n) is 10.9. The summed E-state index contributed by atoms with van der Waals surface area (Å²) in [7, 11) is -3.57. The number of nitrogens with one attached hydrogen (secondary N) is 1. The molecule has 1 aromatic rings. The van der Waals surface area contributed by atoms with E-state index in [1.807, 2.05) is 6.92 Å². The lowest BCUT2D eigenvalue weighted by atomic mass is 9.94. The van der Waals surface area contributed by atoms with Crippen LogP contribution < -0.4 is 4.72 Å². The first kappa shape index (κ1) is 14.5. The second-order valence-electron chi connectivity index (χ2n) is 5.08. The molecule has 0 atom stereocenters. The number of aliphatic hydroxyl groups excluding tert-OH is 1. The van der Waals surface area contributed by atoms with E-state index < -0.39 is 15.6 Å². The molecule has 0 amide bonds. The monoisotopic (exact) mass is 285 g/mol. The van der Waals surface area contributed by atoms with E-state index in [4.69, 9.17) is 9.84 Å². The summed E-state index contributed by atoms with van der Waals surface area (Å²) in [6.07, 6.45) is 1.32. The fourth-order valence-corrected chi connectivity index (χ4v) is 3.65. The molecule has 19 heavy (non-hydrogen) atoms. The van der Waals surface area contributed by atoms with Crippen LogP contribution in [0.25, 0.3) is 0 Å². The zero-order valence-corrected chi connectivity index (χ0v) is 11.7. The van der Waals surface area contributed by atoms with Gasteiger partial charge in [0.05, 0.1) is 11.5 Å². The largest absolute Gasteiger partial charge is 0.392 e. The molecule has 0 radical (unpaired) electrons. The maximum Gasteiger partial charge on any atom is 0.241 e. The van der Waals surface area contributed by atoms with Crippen molar-refractivity contribution >= 4 is 10.0 Å². The molecule has 0 aliphatic carbocycles. The predicted octanol–water partition coefficient (Wildman–Crippen LogP) is 1.03. The van der Waals surface area contributed by atoms with Gasteiger partial charge in [0.25, 0.3) is 0 Å². The highest BCUT2D eigenvalue weighted by atomic mass is 32.2. The first-order valence-electron chi connectivity index (χ1n) is 6.27. The lowest BCUT2D eigenvalue weighted by Crippen LogP contribution is -2.49. The molecule has 1 aliphatic heterocycles. The third kappa shape index (κ3) is 3.54. The van der Waals surface area contributed by atoms with Crippen LogP contribution in [0.1, 0.15) is 25.3 Å². The molecule has 2 N–H and O–H groups in total. The lowest BCUT2D eigenvalue weighted by Gasteiger charge is -2.34. The Balaban J connectivity index is 2.21. The SMILES string of the molecule is CC1(NS(=O)(=O)c2cccc(CO)c2)CCOCC1. The Labute approximate surface area is 113 Å². The van der Waals surface area contributed by atoms with E-state index in [9.17, 15) is 8.42 Å². The first-order chi connectivity index (χ1) is 8.95. The molecule has 1 saturated heterocycles. The number of benzene rings is 1. The third-order valence-electron chi connectivity index (χ3n) is 3.37. The number of hydrogen-bond donors (Lipinski definition) is 2. The van der Waals surface area contributed by atoms with Crippen molar-refractivity contribution < 1.29 is 18.3 Å². The van der Waals surface area contributed by atoms with Gasteiger partial charge in [0.1, 0.15) is 0 Å². The molecule has 0 unspecified atom stereocenters. The molecule has 1 aromatic carbocycles. The Kier molecular flexibility index (Phi) is 4.25. The van der Waals surface area contributed by atoms with Crippen LogP contribution in [-0.2, 0) is 21.4 Å². The summed E-state index contributed by atoms with van der Waals surface area (Å²) in [6, 6.07) is 6.34. The topological polar surface area (TPSA) is 75.6 Å². The van der Waals surface area contributed by atoms with Crippen molar-refractivity contribution in [1.29, 1.82) is 0 Å². The summed E-state index contributed by atoms with van der Waals surface area (Å²) >= 11 is 0. The van der Waals surface area contributed by atoms with E-state index in [0.717, 1.165) is 0 Å². The van der Waals surface area contributed by atoms with Crippen LogP contribution in [0.5, 0.6) is 0 Å². The Hall–Kier alpha value is -0.950. The number of ether oxygens (including phenoxy) is 1. The molecule has 5 nitrogen and oxygen atoms in total. The van der Waals surface area contributed by atoms with Gasteiger partial charge in [-0.1, -0.05) is 12.1 Å². The summed E-state index contributed by atoms with van der Waals surface area (Å²) in [6.45, 7) is 2.85. The standard InChI is InChI=1S/C13H19NO4S/c1-13(5-7-18-8-6-13)14-19(16,17)12-4-2-3-11(9-12)10-15/h2-4,9,14-15H,5-8,10H2,1H3. The molecule has 0 aromatic heterocycles. The summed E-state index contributed by atoms with van der Waals surface area (Å²) in [5.41, 5.74) is 0.117. The highest BCUT2D eigenvalue weighted by Gasteiger charge is 2.32. The molecular formula is C13H19NO4S. The van der Waals surface area contributed by atoms with Crippen LogP contribution in [0.4, 0.5) is 0 Å². The molecule has 1 aliphatic rings. The smallest absolute Gasteiger partial charge is 0.241 e. The molecule has 0 saturated carbocycles. The van der Waals surface area contributed by atoms with Crippen LogP contribution in [0.15, 0.2) is 29.2 Å². The number of sulfonamides is 1. The van der Waals surface area contributed by atoms with Crippen molar-refractivity contribution in [2.75, 3.05) is 13.2 Å². The van der Waals surface area contributed by atoms with Crippen molar-refractivity contribution in [2.45, 2.75) is 36.8 Å².